The quantitative estimate of drug-likeness (QED) is 0.278. The van der Waals surface area contributed by atoms with Gasteiger partial charge in [0.25, 0.3) is 9.70 Å². The molecule has 0 aliphatic heterocycles. The molecule has 1 rings (SSSR count). The Morgan fingerprint density at radius 3 is 2.48 bits per heavy atom. The van der Waals surface area contributed by atoms with Gasteiger partial charge in [-0.3, -0.25) is 10.1 Å². The molecular weight excluding hydrogens is 507 g/mol. The predicted octanol–water partition coefficient (Wildman–Crippen LogP) is 3.53. The topological polar surface area (TPSA) is 97.4 Å². The fraction of sp³-hybridized carbons (Fsp3) is 0.273. The summed E-state index contributed by atoms with van der Waals surface area (Å²) in [6.07, 6.45) is 1.13. The zero-order valence-electron chi connectivity index (χ0n) is 11.3. The molecule has 0 radical (unpaired) electrons. The molecule has 3 amide bonds. The largest absolute Gasteiger partial charge is 0.462 e. The minimum Gasteiger partial charge on any atom is -0.462 e. The number of halogens is 5. The fourth-order valence-corrected chi connectivity index (χ4v) is 2.12. The number of carbonyl (C=O) groups is 3. The smallest absolute Gasteiger partial charge is 0.341 e. The summed E-state index contributed by atoms with van der Waals surface area (Å²) in [5.41, 5.74) is -0.0317. The number of nitrogens with one attached hydrogen (secondary N) is 2. The number of pyridine rings is 1. The number of alkyl halides is 3. The first-order valence-electron chi connectivity index (χ1n) is 5.78. The first-order valence-corrected chi connectivity index (χ1v) is 8.37. The van der Waals surface area contributed by atoms with Crippen molar-refractivity contribution in [1.82, 2.24) is 10.3 Å². The summed E-state index contributed by atoms with van der Waals surface area (Å²) in [5.74, 6) is -1.88. The lowest BCUT2D eigenvalue weighted by atomic mass is 10.2. The summed E-state index contributed by atoms with van der Waals surface area (Å²) < 4.78 is 2.81. The van der Waals surface area contributed by atoms with E-state index in [-0.39, 0.29) is 26.6 Å². The van der Waals surface area contributed by atoms with E-state index in [1.807, 2.05) is 5.32 Å². The van der Waals surface area contributed by atoms with Crippen LogP contribution in [0.2, 0.25) is 5.15 Å². The SMILES string of the molecule is CCOC(=O)c1cnc(Cl)c(I)c1NC(=O)NC(=O)C(Cl)(Cl)Cl. The summed E-state index contributed by atoms with van der Waals surface area (Å²) in [6, 6.07) is -1.02. The van der Waals surface area contributed by atoms with Crippen molar-refractivity contribution in [2.24, 2.45) is 0 Å². The molecule has 0 saturated carbocycles. The maximum Gasteiger partial charge on any atom is 0.341 e. The van der Waals surface area contributed by atoms with E-state index in [0.717, 1.165) is 6.20 Å². The second kappa shape index (κ2) is 8.52. The molecule has 12 heteroatoms. The second-order valence-corrected chi connectivity index (χ2v) is 7.50. The van der Waals surface area contributed by atoms with Crippen molar-refractivity contribution in [2.75, 3.05) is 11.9 Å². The lowest BCUT2D eigenvalue weighted by molar-refractivity contribution is -0.119. The van der Waals surface area contributed by atoms with E-state index in [1.54, 1.807) is 29.5 Å². The Labute approximate surface area is 164 Å². The molecule has 126 valence electrons. The maximum absolute atomic E-state index is 11.9. The van der Waals surface area contributed by atoms with Gasteiger partial charge >= 0.3 is 12.0 Å². The minimum atomic E-state index is -2.32. The van der Waals surface area contributed by atoms with Crippen LogP contribution in [0, 0.1) is 3.57 Å². The highest BCUT2D eigenvalue weighted by molar-refractivity contribution is 14.1. The Balaban J connectivity index is 3.07. The van der Waals surface area contributed by atoms with Crippen molar-refractivity contribution in [1.29, 1.82) is 0 Å². The number of rotatable bonds is 3. The molecule has 0 aliphatic rings. The molecular formula is C11H8Cl4IN3O4. The van der Waals surface area contributed by atoms with Crippen molar-refractivity contribution < 1.29 is 19.1 Å². The molecule has 0 aliphatic carbocycles. The van der Waals surface area contributed by atoms with E-state index in [1.165, 1.54) is 0 Å². The predicted molar refractivity (Wildman–Crippen MR) is 95.4 cm³/mol. The van der Waals surface area contributed by atoms with E-state index in [4.69, 9.17) is 51.1 Å². The van der Waals surface area contributed by atoms with E-state index in [2.05, 4.69) is 10.3 Å². The Morgan fingerprint density at radius 2 is 1.96 bits per heavy atom. The zero-order valence-corrected chi connectivity index (χ0v) is 16.4. The number of imide groups is 1. The van der Waals surface area contributed by atoms with Gasteiger partial charge in [-0.1, -0.05) is 46.4 Å². The molecule has 7 nitrogen and oxygen atoms in total. The third kappa shape index (κ3) is 5.79. The number of esters is 1. The Hall–Kier alpha value is -0.550. The van der Waals surface area contributed by atoms with Gasteiger partial charge in [-0.05, 0) is 29.5 Å². The Kier molecular flexibility index (Phi) is 7.59. The molecule has 0 unspecified atom stereocenters. The van der Waals surface area contributed by atoms with Crippen LogP contribution in [0.4, 0.5) is 10.5 Å². The molecule has 1 heterocycles. The van der Waals surface area contributed by atoms with E-state index in [0.29, 0.717) is 0 Å². The Morgan fingerprint density at radius 1 is 1.35 bits per heavy atom. The van der Waals surface area contributed by atoms with E-state index >= 15 is 0 Å². The number of hydrogen-bond donors (Lipinski definition) is 2. The van der Waals surface area contributed by atoms with Crippen LogP contribution in [0.25, 0.3) is 0 Å². The summed E-state index contributed by atoms with van der Waals surface area (Å²) in [4.78, 5) is 39.0. The van der Waals surface area contributed by atoms with Gasteiger partial charge in [0.05, 0.1) is 15.9 Å². The van der Waals surface area contributed by atoms with Gasteiger partial charge < -0.3 is 10.1 Å². The lowest BCUT2D eigenvalue weighted by Crippen LogP contribution is -2.41. The molecule has 1 aromatic rings. The van der Waals surface area contributed by atoms with Crippen LogP contribution in [-0.4, -0.2) is 33.3 Å². The van der Waals surface area contributed by atoms with E-state index in [9.17, 15) is 14.4 Å². The Bertz CT molecular complexity index is 651. The standard InChI is InChI=1S/C11H8Cl4IN3O4/c1-2-23-8(20)4-3-17-7(12)5(16)6(4)18-10(22)19-9(21)11(13,14)15/h3H,2H2,1H3,(H2,17,18,19,21,22). The van der Waals surface area contributed by atoms with Gasteiger partial charge in [0.2, 0.25) is 0 Å². The third-order valence-electron chi connectivity index (χ3n) is 2.20. The van der Waals surface area contributed by atoms with Gasteiger partial charge in [0.1, 0.15) is 10.7 Å². The molecule has 0 atom stereocenters. The summed E-state index contributed by atoms with van der Waals surface area (Å²) in [6.45, 7) is 1.74. The van der Waals surface area contributed by atoms with Gasteiger partial charge in [-0.15, -0.1) is 0 Å². The highest BCUT2D eigenvalue weighted by Crippen LogP contribution is 2.29. The molecule has 2 N–H and O–H groups in total. The number of carbonyl (C=O) groups excluding carboxylic acids is 3. The van der Waals surface area contributed by atoms with E-state index < -0.39 is 21.7 Å². The van der Waals surface area contributed by atoms with Gasteiger partial charge in [0.15, 0.2) is 0 Å². The first kappa shape index (κ1) is 20.5. The van der Waals surface area contributed by atoms with Crippen LogP contribution in [0.1, 0.15) is 17.3 Å². The van der Waals surface area contributed by atoms with Crippen molar-refractivity contribution in [3.8, 4) is 0 Å². The number of anilines is 1. The average molecular weight is 515 g/mol. The summed E-state index contributed by atoms with van der Waals surface area (Å²) >= 11 is 23.7. The normalized spacial score (nSPS) is 10.9. The third-order valence-corrected chi connectivity index (χ3v) is 4.37. The van der Waals surface area contributed by atoms with Crippen LogP contribution in [-0.2, 0) is 9.53 Å². The van der Waals surface area contributed by atoms with Crippen LogP contribution >= 0.6 is 69.0 Å². The number of amides is 3. The van der Waals surface area contributed by atoms with Crippen molar-refractivity contribution in [3.05, 3.63) is 20.5 Å². The number of ether oxygens (including phenoxy) is 1. The van der Waals surface area contributed by atoms with Gasteiger partial charge in [-0.2, -0.15) is 0 Å². The van der Waals surface area contributed by atoms with Crippen LogP contribution in [0.15, 0.2) is 6.20 Å². The molecule has 0 aromatic carbocycles. The molecule has 1 aromatic heterocycles. The monoisotopic (exact) mass is 513 g/mol. The number of urea groups is 1. The number of aromatic nitrogens is 1. The fourth-order valence-electron chi connectivity index (χ4n) is 1.27. The summed E-state index contributed by atoms with van der Waals surface area (Å²) in [5, 5.41) is 4.14. The molecule has 0 bridgehead atoms. The van der Waals surface area contributed by atoms with Gasteiger partial charge in [0, 0.05) is 6.20 Å². The minimum absolute atomic E-state index is 0.0127. The number of nitrogens with zero attached hydrogens (tertiary/aromatic N) is 1. The highest BCUT2D eigenvalue weighted by atomic mass is 127. The van der Waals surface area contributed by atoms with Crippen LogP contribution in [0.5, 0.6) is 0 Å². The van der Waals surface area contributed by atoms with Crippen molar-refractivity contribution in [3.63, 3.8) is 0 Å². The maximum atomic E-state index is 11.9. The van der Waals surface area contributed by atoms with Gasteiger partial charge in [-0.25, -0.2) is 14.6 Å². The average Bonchev–Trinajstić information content (AvgIpc) is 2.43. The zero-order chi connectivity index (χ0) is 17.8. The first-order chi connectivity index (χ1) is 10.6. The van der Waals surface area contributed by atoms with Crippen molar-refractivity contribution in [2.45, 2.75) is 10.7 Å². The van der Waals surface area contributed by atoms with Crippen molar-refractivity contribution >= 4 is 92.6 Å². The lowest BCUT2D eigenvalue weighted by Gasteiger charge is -2.14. The molecule has 23 heavy (non-hydrogen) atoms. The number of hydrogen-bond acceptors (Lipinski definition) is 5. The second-order valence-electron chi connectivity index (χ2n) is 3.78. The molecule has 0 fully saturated rings. The van der Waals surface area contributed by atoms with Crippen LogP contribution in [0.3, 0.4) is 0 Å². The summed E-state index contributed by atoms with van der Waals surface area (Å²) in [7, 11) is 0. The highest BCUT2D eigenvalue weighted by Gasteiger charge is 2.32. The molecule has 0 saturated heterocycles. The van der Waals surface area contributed by atoms with Crippen LogP contribution < -0.4 is 10.6 Å². The molecule has 0 spiro atoms.